The Labute approximate surface area is 75.2 Å². The SMILES string of the molecule is O=C1CCC(C(F)(F)F)N1I. The van der Waals surface area contributed by atoms with Gasteiger partial charge in [0.25, 0.3) is 0 Å². The Morgan fingerprint density at radius 1 is 1.55 bits per heavy atom. The van der Waals surface area contributed by atoms with Gasteiger partial charge in [-0.1, -0.05) is 0 Å². The minimum atomic E-state index is -4.27. The highest BCUT2D eigenvalue weighted by Gasteiger charge is 2.48. The van der Waals surface area contributed by atoms with Gasteiger partial charge in [-0.15, -0.1) is 0 Å². The van der Waals surface area contributed by atoms with E-state index in [1.54, 1.807) is 0 Å². The summed E-state index contributed by atoms with van der Waals surface area (Å²) in [6, 6.07) is -1.57. The van der Waals surface area contributed by atoms with Crippen molar-refractivity contribution in [3.8, 4) is 0 Å². The maximum absolute atomic E-state index is 12.0. The zero-order valence-electron chi connectivity index (χ0n) is 5.36. The van der Waals surface area contributed by atoms with Crippen molar-refractivity contribution in [1.82, 2.24) is 3.11 Å². The van der Waals surface area contributed by atoms with Crippen molar-refractivity contribution in [2.45, 2.75) is 25.1 Å². The molecule has 0 N–H and O–H groups in total. The lowest BCUT2D eigenvalue weighted by atomic mass is 10.2. The molecule has 2 nitrogen and oxygen atoms in total. The van der Waals surface area contributed by atoms with Crippen LogP contribution in [-0.4, -0.2) is 21.2 Å². The lowest BCUT2D eigenvalue weighted by Gasteiger charge is -2.19. The van der Waals surface area contributed by atoms with Gasteiger partial charge in [-0.25, -0.2) is 0 Å². The van der Waals surface area contributed by atoms with Gasteiger partial charge in [0.1, 0.15) is 6.04 Å². The highest BCUT2D eigenvalue weighted by atomic mass is 127. The molecule has 0 bridgehead atoms. The first kappa shape index (κ1) is 9.08. The van der Waals surface area contributed by atoms with Crippen molar-refractivity contribution in [2.24, 2.45) is 0 Å². The average molecular weight is 279 g/mol. The molecule has 1 heterocycles. The summed E-state index contributed by atoms with van der Waals surface area (Å²) in [5.41, 5.74) is 0. The summed E-state index contributed by atoms with van der Waals surface area (Å²) in [4.78, 5) is 10.6. The summed E-state index contributed by atoms with van der Waals surface area (Å²) in [5, 5.41) is 0. The smallest absolute Gasteiger partial charge is 0.274 e. The van der Waals surface area contributed by atoms with Gasteiger partial charge in [0.15, 0.2) is 0 Å². The Kier molecular flexibility index (Phi) is 2.31. The maximum Gasteiger partial charge on any atom is 0.409 e. The largest absolute Gasteiger partial charge is 0.409 e. The molecule has 0 spiro atoms. The number of nitrogens with zero attached hydrogens (tertiary/aromatic N) is 1. The van der Waals surface area contributed by atoms with Crippen LogP contribution in [0, 0.1) is 0 Å². The fraction of sp³-hybridized carbons (Fsp3) is 0.800. The van der Waals surface area contributed by atoms with Crippen LogP contribution in [0.2, 0.25) is 0 Å². The Balaban J connectivity index is 2.70. The Morgan fingerprint density at radius 2 is 2.09 bits per heavy atom. The predicted octanol–water partition coefficient (Wildman–Crippen LogP) is 1.89. The van der Waals surface area contributed by atoms with E-state index in [1.807, 2.05) is 0 Å². The second-order valence-corrected chi connectivity index (χ2v) is 3.34. The molecule has 64 valence electrons. The monoisotopic (exact) mass is 279 g/mol. The van der Waals surface area contributed by atoms with Crippen LogP contribution in [0.5, 0.6) is 0 Å². The molecule has 1 rings (SSSR count). The molecule has 1 aliphatic heterocycles. The minimum Gasteiger partial charge on any atom is -0.274 e. The average Bonchev–Trinajstić information content (AvgIpc) is 2.11. The van der Waals surface area contributed by atoms with Crippen molar-refractivity contribution >= 4 is 28.8 Å². The Hall–Kier alpha value is -0.0100. The van der Waals surface area contributed by atoms with Crippen molar-refractivity contribution in [3.05, 3.63) is 0 Å². The van der Waals surface area contributed by atoms with Crippen molar-refractivity contribution in [1.29, 1.82) is 0 Å². The lowest BCUT2D eigenvalue weighted by Crippen LogP contribution is -2.36. The number of rotatable bonds is 0. The third-order valence-electron chi connectivity index (χ3n) is 1.52. The van der Waals surface area contributed by atoms with Crippen LogP contribution in [0.3, 0.4) is 0 Å². The van der Waals surface area contributed by atoms with E-state index in [-0.39, 0.29) is 12.8 Å². The van der Waals surface area contributed by atoms with Gasteiger partial charge in [0.05, 0.1) is 22.9 Å². The first-order valence-corrected chi connectivity index (χ1v) is 3.94. The second-order valence-electron chi connectivity index (χ2n) is 2.30. The minimum absolute atomic E-state index is 0.00706. The summed E-state index contributed by atoms with van der Waals surface area (Å²) in [6.45, 7) is 0. The van der Waals surface area contributed by atoms with E-state index in [2.05, 4.69) is 0 Å². The highest BCUT2D eigenvalue weighted by Crippen LogP contribution is 2.35. The van der Waals surface area contributed by atoms with Crippen LogP contribution < -0.4 is 0 Å². The van der Waals surface area contributed by atoms with Gasteiger partial charge in [-0.3, -0.25) is 7.91 Å². The zero-order chi connectivity index (χ0) is 8.65. The van der Waals surface area contributed by atoms with Crippen molar-refractivity contribution < 1.29 is 18.0 Å². The number of carbonyl (C=O) groups excluding carboxylic acids is 1. The van der Waals surface area contributed by atoms with Crippen molar-refractivity contribution in [3.63, 3.8) is 0 Å². The number of alkyl halides is 3. The van der Waals surface area contributed by atoms with E-state index in [0.717, 1.165) is 3.11 Å². The van der Waals surface area contributed by atoms with Crippen LogP contribution in [0.15, 0.2) is 0 Å². The molecule has 1 unspecified atom stereocenters. The predicted molar refractivity (Wildman–Crippen MR) is 39.9 cm³/mol. The van der Waals surface area contributed by atoms with Gasteiger partial charge >= 0.3 is 6.18 Å². The molecule has 0 aromatic heterocycles. The third-order valence-corrected chi connectivity index (χ3v) is 2.73. The van der Waals surface area contributed by atoms with E-state index in [1.165, 1.54) is 22.9 Å². The molecule has 1 saturated heterocycles. The van der Waals surface area contributed by atoms with Crippen LogP contribution in [0.1, 0.15) is 12.8 Å². The van der Waals surface area contributed by atoms with E-state index in [4.69, 9.17) is 0 Å². The fourth-order valence-electron chi connectivity index (χ4n) is 0.946. The number of amides is 1. The van der Waals surface area contributed by atoms with E-state index >= 15 is 0 Å². The molecular formula is C5H5F3INO. The summed E-state index contributed by atoms with van der Waals surface area (Å²) in [5.74, 6) is -0.437. The molecule has 11 heavy (non-hydrogen) atoms. The van der Waals surface area contributed by atoms with Crippen LogP contribution in [0.25, 0.3) is 0 Å². The molecule has 1 amide bonds. The topological polar surface area (TPSA) is 20.3 Å². The van der Waals surface area contributed by atoms with E-state index < -0.39 is 18.1 Å². The number of halogens is 4. The number of hydrogen-bond donors (Lipinski definition) is 0. The fourth-order valence-corrected chi connectivity index (χ4v) is 1.78. The van der Waals surface area contributed by atoms with Crippen LogP contribution in [0.4, 0.5) is 13.2 Å². The maximum atomic E-state index is 12.0. The van der Waals surface area contributed by atoms with Gasteiger partial charge in [0.2, 0.25) is 5.91 Å². The highest BCUT2D eigenvalue weighted by molar-refractivity contribution is 14.1. The standard InChI is InChI=1S/C5H5F3INO/c6-5(7,8)3-1-2-4(11)10(3)9/h3H,1-2H2. The van der Waals surface area contributed by atoms with Gasteiger partial charge in [0, 0.05) is 6.42 Å². The second kappa shape index (κ2) is 2.80. The molecule has 1 aliphatic rings. The Morgan fingerprint density at radius 3 is 2.27 bits per heavy atom. The summed E-state index contributed by atoms with van der Waals surface area (Å²) >= 11 is 1.41. The first-order valence-electron chi connectivity index (χ1n) is 2.97. The van der Waals surface area contributed by atoms with Crippen LogP contribution in [-0.2, 0) is 4.79 Å². The van der Waals surface area contributed by atoms with Crippen molar-refractivity contribution in [2.75, 3.05) is 0 Å². The van der Waals surface area contributed by atoms with E-state index in [0.29, 0.717) is 0 Å². The summed E-state index contributed by atoms with van der Waals surface area (Å²) < 4.78 is 36.7. The third kappa shape index (κ3) is 1.77. The molecule has 0 aromatic rings. The summed E-state index contributed by atoms with van der Waals surface area (Å²) in [7, 11) is 0. The molecule has 1 fully saturated rings. The molecule has 0 aliphatic carbocycles. The molecule has 1 atom stereocenters. The van der Waals surface area contributed by atoms with Crippen LogP contribution >= 0.6 is 22.9 Å². The number of carbonyl (C=O) groups is 1. The molecule has 0 saturated carbocycles. The van der Waals surface area contributed by atoms with Gasteiger partial charge in [-0.05, 0) is 6.42 Å². The zero-order valence-corrected chi connectivity index (χ0v) is 7.52. The lowest BCUT2D eigenvalue weighted by molar-refractivity contribution is -0.165. The molecule has 6 heteroatoms. The quantitative estimate of drug-likeness (QED) is 0.490. The van der Waals surface area contributed by atoms with Gasteiger partial charge in [-0.2, -0.15) is 13.2 Å². The molecule has 0 radical (unpaired) electrons. The number of hydrogen-bond acceptors (Lipinski definition) is 1. The first-order chi connectivity index (χ1) is 4.93. The van der Waals surface area contributed by atoms with E-state index in [9.17, 15) is 18.0 Å². The molecular weight excluding hydrogens is 274 g/mol. The normalized spacial score (nSPS) is 26.4. The van der Waals surface area contributed by atoms with Gasteiger partial charge < -0.3 is 0 Å². The molecule has 0 aromatic carbocycles. The summed E-state index contributed by atoms with van der Waals surface area (Å²) in [6.07, 6.45) is -4.37. The Bertz CT molecular complexity index is 181.